The SMILES string of the molecule is COC(=O)c1ccc(NC2CCCCC2)cn1. The molecular formula is C13H18N2O2. The number of anilines is 1. The first-order valence-electron chi connectivity index (χ1n) is 6.10. The minimum absolute atomic E-state index is 0.349. The van der Waals surface area contributed by atoms with Crippen molar-refractivity contribution in [2.75, 3.05) is 12.4 Å². The van der Waals surface area contributed by atoms with Crippen molar-refractivity contribution in [2.24, 2.45) is 0 Å². The zero-order valence-corrected chi connectivity index (χ0v) is 10.1. The van der Waals surface area contributed by atoms with Crippen molar-refractivity contribution < 1.29 is 9.53 Å². The molecule has 0 aliphatic heterocycles. The molecule has 1 N–H and O–H groups in total. The van der Waals surface area contributed by atoms with Crippen LogP contribution in [0.3, 0.4) is 0 Å². The summed E-state index contributed by atoms with van der Waals surface area (Å²) in [6.45, 7) is 0. The van der Waals surface area contributed by atoms with Gasteiger partial charge in [-0.1, -0.05) is 19.3 Å². The number of hydrogen-bond donors (Lipinski definition) is 1. The van der Waals surface area contributed by atoms with E-state index in [1.165, 1.54) is 39.2 Å². The molecule has 0 aromatic carbocycles. The standard InChI is InChI=1S/C13H18N2O2/c1-17-13(16)12-8-7-11(9-14-12)15-10-5-3-2-4-6-10/h7-10,15H,2-6H2,1H3. The van der Waals surface area contributed by atoms with Gasteiger partial charge in [-0.15, -0.1) is 0 Å². The summed E-state index contributed by atoms with van der Waals surface area (Å²) in [6.07, 6.45) is 8.08. The maximum atomic E-state index is 11.2. The van der Waals surface area contributed by atoms with Crippen LogP contribution >= 0.6 is 0 Å². The monoisotopic (exact) mass is 234 g/mol. The van der Waals surface area contributed by atoms with Gasteiger partial charge in [0.25, 0.3) is 0 Å². The van der Waals surface area contributed by atoms with Crippen LogP contribution < -0.4 is 5.32 Å². The van der Waals surface area contributed by atoms with Crippen LogP contribution in [-0.4, -0.2) is 24.1 Å². The summed E-state index contributed by atoms with van der Waals surface area (Å²) in [5, 5.41) is 3.45. The molecule has 0 amide bonds. The van der Waals surface area contributed by atoms with E-state index in [0.717, 1.165) is 5.69 Å². The van der Waals surface area contributed by atoms with E-state index in [2.05, 4.69) is 15.0 Å². The number of carbonyl (C=O) groups is 1. The highest BCUT2D eigenvalue weighted by atomic mass is 16.5. The first kappa shape index (κ1) is 11.9. The number of esters is 1. The highest BCUT2D eigenvalue weighted by Crippen LogP contribution is 2.21. The minimum atomic E-state index is -0.394. The molecule has 1 heterocycles. The summed E-state index contributed by atoms with van der Waals surface area (Å²) in [6, 6.07) is 4.12. The topological polar surface area (TPSA) is 51.2 Å². The van der Waals surface area contributed by atoms with Crippen LogP contribution in [0.25, 0.3) is 0 Å². The average molecular weight is 234 g/mol. The number of nitrogens with zero attached hydrogens (tertiary/aromatic N) is 1. The lowest BCUT2D eigenvalue weighted by Gasteiger charge is -2.23. The highest BCUT2D eigenvalue weighted by Gasteiger charge is 2.13. The number of ether oxygens (including phenoxy) is 1. The predicted octanol–water partition coefficient (Wildman–Crippen LogP) is 2.61. The van der Waals surface area contributed by atoms with Crippen molar-refractivity contribution in [2.45, 2.75) is 38.1 Å². The third-order valence-electron chi connectivity index (χ3n) is 3.13. The number of methoxy groups -OCH3 is 1. The van der Waals surface area contributed by atoms with Crippen LogP contribution in [0, 0.1) is 0 Å². The molecule has 1 aliphatic carbocycles. The fourth-order valence-electron chi connectivity index (χ4n) is 2.19. The quantitative estimate of drug-likeness (QED) is 0.817. The second-order valence-corrected chi connectivity index (χ2v) is 4.40. The fourth-order valence-corrected chi connectivity index (χ4v) is 2.19. The molecular weight excluding hydrogens is 216 g/mol. The van der Waals surface area contributed by atoms with Gasteiger partial charge in [0.15, 0.2) is 0 Å². The summed E-state index contributed by atoms with van der Waals surface area (Å²) in [5.41, 5.74) is 1.33. The molecule has 0 unspecified atom stereocenters. The number of aromatic nitrogens is 1. The van der Waals surface area contributed by atoms with Gasteiger partial charge < -0.3 is 10.1 Å². The van der Waals surface area contributed by atoms with Crippen LogP contribution in [0.2, 0.25) is 0 Å². The van der Waals surface area contributed by atoms with Gasteiger partial charge in [0.05, 0.1) is 19.0 Å². The minimum Gasteiger partial charge on any atom is -0.464 e. The Labute approximate surface area is 101 Å². The molecule has 92 valence electrons. The van der Waals surface area contributed by atoms with Crippen LogP contribution in [0.5, 0.6) is 0 Å². The van der Waals surface area contributed by atoms with E-state index in [0.29, 0.717) is 11.7 Å². The lowest BCUT2D eigenvalue weighted by Crippen LogP contribution is -2.22. The molecule has 1 aromatic rings. The Hall–Kier alpha value is -1.58. The zero-order chi connectivity index (χ0) is 12.1. The second-order valence-electron chi connectivity index (χ2n) is 4.40. The Morgan fingerprint density at radius 1 is 1.35 bits per heavy atom. The second kappa shape index (κ2) is 5.66. The number of hydrogen-bond acceptors (Lipinski definition) is 4. The predicted molar refractivity (Wildman–Crippen MR) is 66.1 cm³/mol. The van der Waals surface area contributed by atoms with Crippen molar-refractivity contribution in [3.63, 3.8) is 0 Å². The van der Waals surface area contributed by atoms with E-state index in [1.807, 2.05) is 6.07 Å². The average Bonchev–Trinajstić information content (AvgIpc) is 2.40. The molecule has 0 atom stereocenters. The Kier molecular flexibility index (Phi) is 3.96. The summed E-state index contributed by atoms with van der Waals surface area (Å²) < 4.78 is 4.60. The van der Waals surface area contributed by atoms with Gasteiger partial charge >= 0.3 is 5.97 Å². The number of rotatable bonds is 3. The summed E-state index contributed by atoms with van der Waals surface area (Å²) in [5.74, 6) is -0.394. The van der Waals surface area contributed by atoms with Gasteiger partial charge in [0, 0.05) is 6.04 Å². The molecule has 1 aliphatic rings. The third-order valence-corrected chi connectivity index (χ3v) is 3.13. The first-order valence-corrected chi connectivity index (χ1v) is 6.10. The van der Waals surface area contributed by atoms with Gasteiger partial charge in [0.2, 0.25) is 0 Å². The third kappa shape index (κ3) is 3.19. The van der Waals surface area contributed by atoms with Crippen molar-refractivity contribution >= 4 is 11.7 Å². The summed E-state index contributed by atoms with van der Waals surface area (Å²) >= 11 is 0. The van der Waals surface area contributed by atoms with Crippen molar-refractivity contribution in [3.8, 4) is 0 Å². The number of pyridine rings is 1. The number of carbonyl (C=O) groups excluding carboxylic acids is 1. The van der Waals surface area contributed by atoms with E-state index in [-0.39, 0.29) is 0 Å². The molecule has 1 saturated carbocycles. The lowest BCUT2D eigenvalue weighted by atomic mass is 9.95. The van der Waals surface area contributed by atoms with E-state index in [9.17, 15) is 4.79 Å². The maximum absolute atomic E-state index is 11.2. The number of nitrogens with one attached hydrogen (secondary N) is 1. The van der Waals surface area contributed by atoms with Crippen LogP contribution in [-0.2, 0) is 4.74 Å². The van der Waals surface area contributed by atoms with Crippen molar-refractivity contribution in [1.82, 2.24) is 4.98 Å². The summed E-state index contributed by atoms with van der Waals surface area (Å²) in [7, 11) is 1.36. The molecule has 0 saturated heterocycles. The smallest absolute Gasteiger partial charge is 0.356 e. The maximum Gasteiger partial charge on any atom is 0.356 e. The molecule has 0 bridgehead atoms. The van der Waals surface area contributed by atoms with Gasteiger partial charge in [-0.25, -0.2) is 9.78 Å². The van der Waals surface area contributed by atoms with Crippen LogP contribution in [0.4, 0.5) is 5.69 Å². The highest BCUT2D eigenvalue weighted by molar-refractivity contribution is 5.87. The van der Waals surface area contributed by atoms with Gasteiger partial charge in [0.1, 0.15) is 5.69 Å². The Balaban J connectivity index is 1.95. The largest absolute Gasteiger partial charge is 0.464 e. The van der Waals surface area contributed by atoms with Crippen LogP contribution in [0.1, 0.15) is 42.6 Å². The molecule has 4 heteroatoms. The van der Waals surface area contributed by atoms with Gasteiger partial charge in [-0.3, -0.25) is 0 Å². The Bertz CT molecular complexity index is 370. The lowest BCUT2D eigenvalue weighted by molar-refractivity contribution is 0.0594. The molecule has 1 fully saturated rings. The van der Waals surface area contributed by atoms with E-state index < -0.39 is 5.97 Å². The fraction of sp³-hybridized carbons (Fsp3) is 0.538. The van der Waals surface area contributed by atoms with Crippen molar-refractivity contribution in [3.05, 3.63) is 24.0 Å². The van der Waals surface area contributed by atoms with Crippen LogP contribution in [0.15, 0.2) is 18.3 Å². The molecule has 4 nitrogen and oxygen atoms in total. The van der Waals surface area contributed by atoms with E-state index >= 15 is 0 Å². The summed E-state index contributed by atoms with van der Waals surface area (Å²) in [4.78, 5) is 15.3. The molecule has 1 aromatic heterocycles. The molecule has 0 radical (unpaired) electrons. The normalized spacial score (nSPS) is 16.5. The first-order chi connectivity index (χ1) is 8.29. The van der Waals surface area contributed by atoms with E-state index in [4.69, 9.17) is 0 Å². The van der Waals surface area contributed by atoms with Gasteiger partial charge in [-0.2, -0.15) is 0 Å². The van der Waals surface area contributed by atoms with Crippen molar-refractivity contribution in [1.29, 1.82) is 0 Å². The molecule has 2 rings (SSSR count). The zero-order valence-electron chi connectivity index (χ0n) is 10.1. The Morgan fingerprint density at radius 2 is 2.12 bits per heavy atom. The molecule has 0 spiro atoms. The Morgan fingerprint density at radius 3 is 2.71 bits per heavy atom. The van der Waals surface area contributed by atoms with E-state index in [1.54, 1.807) is 12.3 Å². The molecule has 17 heavy (non-hydrogen) atoms. The van der Waals surface area contributed by atoms with Gasteiger partial charge in [-0.05, 0) is 25.0 Å².